The molecule has 0 heterocycles. The molecule has 0 bridgehead atoms. The summed E-state index contributed by atoms with van der Waals surface area (Å²) in [7, 11) is 1.51. The average molecular weight is 390 g/mol. The highest BCUT2D eigenvalue weighted by Gasteiger charge is 2.14. The van der Waals surface area contributed by atoms with Crippen molar-refractivity contribution in [2.75, 3.05) is 7.11 Å². The summed E-state index contributed by atoms with van der Waals surface area (Å²) in [6.07, 6.45) is 0.705. The molecule has 0 amide bonds. The van der Waals surface area contributed by atoms with Crippen LogP contribution < -0.4 is 9.47 Å². The molecule has 0 saturated carbocycles. The highest BCUT2D eigenvalue weighted by molar-refractivity contribution is 9.10. The van der Waals surface area contributed by atoms with Gasteiger partial charge in [0.25, 0.3) is 0 Å². The van der Waals surface area contributed by atoms with Crippen molar-refractivity contribution in [3.05, 3.63) is 56.0 Å². The van der Waals surface area contributed by atoms with Crippen LogP contribution in [0.25, 0.3) is 0 Å². The first kappa shape index (κ1) is 16.1. The first-order valence-corrected chi connectivity index (χ1v) is 7.50. The lowest BCUT2D eigenvalue weighted by atomic mass is 10.2. The average Bonchev–Trinajstić information content (AvgIpc) is 2.47. The topological polar surface area (TPSA) is 35.5 Å². The first-order valence-electron chi connectivity index (χ1n) is 5.95. The molecule has 0 radical (unpaired) electrons. The van der Waals surface area contributed by atoms with Crippen molar-refractivity contribution in [2.45, 2.75) is 6.61 Å². The fourth-order valence-electron chi connectivity index (χ4n) is 1.80. The SMILES string of the molecule is COc1cc(Br)cc(C=O)c1OCc1c(Cl)cccc1Cl. The van der Waals surface area contributed by atoms with Crippen LogP contribution in [0, 0.1) is 0 Å². The molecule has 0 aliphatic heterocycles. The van der Waals surface area contributed by atoms with E-state index in [-0.39, 0.29) is 6.61 Å². The molecule has 2 aromatic rings. The number of carbonyl (C=O) groups excluding carboxylic acids is 1. The zero-order valence-electron chi connectivity index (χ0n) is 11.0. The van der Waals surface area contributed by atoms with Crippen LogP contribution in [0.5, 0.6) is 11.5 Å². The number of rotatable bonds is 5. The number of carbonyl (C=O) groups is 1. The Kier molecular flexibility index (Phi) is 5.51. The van der Waals surface area contributed by atoms with Gasteiger partial charge in [0.15, 0.2) is 17.8 Å². The molecule has 0 fully saturated rings. The molecule has 0 aromatic heterocycles. The van der Waals surface area contributed by atoms with Gasteiger partial charge in [-0.1, -0.05) is 45.2 Å². The maximum Gasteiger partial charge on any atom is 0.172 e. The fourth-order valence-corrected chi connectivity index (χ4v) is 2.76. The minimum absolute atomic E-state index is 0.136. The number of halogens is 3. The third-order valence-corrected chi connectivity index (χ3v) is 3.98. The molecule has 0 spiro atoms. The monoisotopic (exact) mass is 388 g/mol. The number of methoxy groups -OCH3 is 1. The molecular formula is C15H11BrCl2O3. The number of aldehydes is 1. The van der Waals surface area contributed by atoms with E-state index in [2.05, 4.69) is 15.9 Å². The summed E-state index contributed by atoms with van der Waals surface area (Å²) in [4.78, 5) is 11.2. The second-order valence-electron chi connectivity index (χ2n) is 4.13. The van der Waals surface area contributed by atoms with E-state index in [0.717, 1.165) is 4.47 Å². The van der Waals surface area contributed by atoms with Gasteiger partial charge in [-0.15, -0.1) is 0 Å². The van der Waals surface area contributed by atoms with Gasteiger partial charge in [0, 0.05) is 20.1 Å². The zero-order valence-corrected chi connectivity index (χ0v) is 14.1. The largest absolute Gasteiger partial charge is 0.493 e. The molecule has 0 atom stereocenters. The van der Waals surface area contributed by atoms with Crippen molar-refractivity contribution in [1.82, 2.24) is 0 Å². The van der Waals surface area contributed by atoms with Crippen molar-refractivity contribution in [3.8, 4) is 11.5 Å². The molecule has 3 nitrogen and oxygen atoms in total. The second-order valence-corrected chi connectivity index (χ2v) is 5.86. The molecule has 2 rings (SSSR count). The number of hydrogen-bond acceptors (Lipinski definition) is 3. The van der Waals surface area contributed by atoms with Gasteiger partial charge < -0.3 is 9.47 Å². The van der Waals surface area contributed by atoms with Crippen LogP contribution in [0.1, 0.15) is 15.9 Å². The summed E-state index contributed by atoms with van der Waals surface area (Å²) in [6.45, 7) is 0.136. The lowest BCUT2D eigenvalue weighted by molar-refractivity contribution is 0.111. The van der Waals surface area contributed by atoms with Gasteiger partial charge in [-0.3, -0.25) is 4.79 Å². The summed E-state index contributed by atoms with van der Waals surface area (Å²) >= 11 is 15.5. The summed E-state index contributed by atoms with van der Waals surface area (Å²) in [6, 6.07) is 8.58. The predicted octanol–water partition coefficient (Wildman–Crippen LogP) is 5.16. The maximum atomic E-state index is 11.2. The van der Waals surface area contributed by atoms with Crippen molar-refractivity contribution in [2.24, 2.45) is 0 Å². The minimum Gasteiger partial charge on any atom is -0.493 e. The fraction of sp³-hybridized carbons (Fsp3) is 0.133. The highest BCUT2D eigenvalue weighted by atomic mass is 79.9. The molecule has 0 unspecified atom stereocenters. The highest BCUT2D eigenvalue weighted by Crippen LogP contribution is 2.35. The van der Waals surface area contributed by atoms with Crippen LogP contribution in [0.4, 0.5) is 0 Å². The molecule has 2 aromatic carbocycles. The van der Waals surface area contributed by atoms with Crippen LogP contribution in [-0.4, -0.2) is 13.4 Å². The molecule has 110 valence electrons. The Hall–Kier alpha value is -1.23. The van der Waals surface area contributed by atoms with Crippen LogP contribution in [0.3, 0.4) is 0 Å². The van der Waals surface area contributed by atoms with E-state index in [1.165, 1.54) is 7.11 Å². The van der Waals surface area contributed by atoms with Gasteiger partial charge in [0.2, 0.25) is 0 Å². The molecular weight excluding hydrogens is 379 g/mol. The quantitative estimate of drug-likeness (QED) is 0.663. The standard InChI is InChI=1S/C15H11BrCl2O3/c1-20-14-6-10(16)5-9(7-19)15(14)21-8-11-12(17)3-2-4-13(11)18/h2-7H,8H2,1H3. The van der Waals surface area contributed by atoms with E-state index >= 15 is 0 Å². The van der Waals surface area contributed by atoms with Crippen molar-refractivity contribution >= 4 is 45.4 Å². The minimum atomic E-state index is 0.136. The van der Waals surface area contributed by atoms with Crippen molar-refractivity contribution in [3.63, 3.8) is 0 Å². The van der Waals surface area contributed by atoms with Crippen LogP contribution in [0.2, 0.25) is 10.0 Å². The maximum absolute atomic E-state index is 11.2. The smallest absolute Gasteiger partial charge is 0.172 e. The molecule has 21 heavy (non-hydrogen) atoms. The Morgan fingerprint density at radius 3 is 2.48 bits per heavy atom. The van der Waals surface area contributed by atoms with Crippen LogP contribution in [0.15, 0.2) is 34.8 Å². The summed E-state index contributed by atoms with van der Waals surface area (Å²) < 4.78 is 11.7. The Labute approximate surface area is 140 Å². The van der Waals surface area contributed by atoms with E-state index in [0.29, 0.717) is 39.0 Å². The van der Waals surface area contributed by atoms with Gasteiger partial charge in [0.1, 0.15) is 6.61 Å². The first-order chi connectivity index (χ1) is 10.1. The van der Waals surface area contributed by atoms with Gasteiger partial charge in [-0.2, -0.15) is 0 Å². The Balaban J connectivity index is 2.34. The number of hydrogen-bond donors (Lipinski definition) is 0. The summed E-state index contributed by atoms with van der Waals surface area (Å²) in [5.74, 6) is 0.807. The third kappa shape index (κ3) is 3.70. The summed E-state index contributed by atoms with van der Waals surface area (Å²) in [5, 5.41) is 1.01. The molecule has 0 aliphatic rings. The number of benzene rings is 2. The van der Waals surface area contributed by atoms with Crippen molar-refractivity contribution < 1.29 is 14.3 Å². The third-order valence-electron chi connectivity index (χ3n) is 2.82. The lowest BCUT2D eigenvalue weighted by Gasteiger charge is -2.14. The molecule has 0 N–H and O–H groups in total. The Morgan fingerprint density at radius 2 is 1.90 bits per heavy atom. The zero-order chi connectivity index (χ0) is 15.4. The normalized spacial score (nSPS) is 10.3. The van der Waals surface area contributed by atoms with Crippen LogP contribution >= 0.6 is 39.1 Å². The van der Waals surface area contributed by atoms with Gasteiger partial charge >= 0.3 is 0 Å². The van der Waals surface area contributed by atoms with Crippen LogP contribution in [-0.2, 0) is 6.61 Å². The Bertz CT molecular complexity index is 654. The Morgan fingerprint density at radius 1 is 1.24 bits per heavy atom. The molecule has 0 aliphatic carbocycles. The van der Waals surface area contributed by atoms with E-state index in [1.54, 1.807) is 30.3 Å². The molecule has 0 saturated heterocycles. The number of ether oxygens (including phenoxy) is 2. The lowest BCUT2D eigenvalue weighted by Crippen LogP contribution is -2.02. The van der Waals surface area contributed by atoms with Crippen molar-refractivity contribution in [1.29, 1.82) is 0 Å². The summed E-state index contributed by atoms with van der Waals surface area (Å²) in [5.41, 5.74) is 1.03. The second kappa shape index (κ2) is 7.16. The van der Waals surface area contributed by atoms with Gasteiger partial charge in [-0.25, -0.2) is 0 Å². The van der Waals surface area contributed by atoms with E-state index in [9.17, 15) is 4.79 Å². The predicted molar refractivity (Wildman–Crippen MR) is 86.9 cm³/mol. The van der Waals surface area contributed by atoms with Gasteiger partial charge in [-0.05, 0) is 24.3 Å². The van der Waals surface area contributed by atoms with E-state index < -0.39 is 0 Å². The van der Waals surface area contributed by atoms with E-state index in [4.69, 9.17) is 32.7 Å². The molecule has 6 heteroatoms. The van der Waals surface area contributed by atoms with E-state index in [1.807, 2.05) is 0 Å². The van der Waals surface area contributed by atoms with Gasteiger partial charge in [0.05, 0.1) is 12.7 Å².